The summed E-state index contributed by atoms with van der Waals surface area (Å²) in [6, 6.07) is 12.9. The zero-order valence-electron chi connectivity index (χ0n) is 14.6. The summed E-state index contributed by atoms with van der Waals surface area (Å²) < 4.78 is 34.3. The van der Waals surface area contributed by atoms with E-state index < -0.39 is 10.0 Å². The van der Waals surface area contributed by atoms with Crippen LogP contribution in [0.2, 0.25) is 0 Å². The van der Waals surface area contributed by atoms with Crippen molar-refractivity contribution in [3.63, 3.8) is 0 Å². The lowest BCUT2D eigenvalue weighted by atomic mass is 10.0. The van der Waals surface area contributed by atoms with Crippen LogP contribution in [0.3, 0.4) is 0 Å². The van der Waals surface area contributed by atoms with Crippen molar-refractivity contribution >= 4 is 26.5 Å². The average Bonchev–Trinajstić information content (AvgIpc) is 2.79. The standard InChI is InChI=1S/C19H20N2O3S/c1-12-8-9-15(10-13(12)2)18-14(3)19(21-25(18,22)23)20-16-6-5-7-17(11-16)24-4/h5-11H,1-4H3,(H,20,21). The molecule has 0 atom stereocenters. The van der Waals surface area contributed by atoms with Gasteiger partial charge in [0.2, 0.25) is 0 Å². The molecular weight excluding hydrogens is 336 g/mol. The van der Waals surface area contributed by atoms with Crippen LogP contribution in [0.5, 0.6) is 5.75 Å². The van der Waals surface area contributed by atoms with Crippen molar-refractivity contribution in [2.75, 3.05) is 12.4 Å². The van der Waals surface area contributed by atoms with Gasteiger partial charge < -0.3 is 10.1 Å². The number of aryl methyl sites for hydroxylation is 2. The molecule has 1 N–H and O–H groups in total. The molecular formula is C19H20N2O3S. The molecule has 0 unspecified atom stereocenters. The highest BCUT2D eigenvalue weighted by molar-refractivity contribution is 8.00. The van der Waals surface area contributed by atoms with Gasteiger partial charge in [0, 0.05) is 17.3 Å². The molecule has 130 valence electrons. The Morgan fingerprint density at radius 2 is 1.76 bits per heavy atom. The van der Waals surface area contributed by atoms with Crippen molar-refractivity contribution in [1.29, 1.82) is 0 Å². The van der Waals surface area contributed by atoms with Crippen molar-refractivity contribution in [3.8, 4) is 5.75 Å². The number of hydrogen-bond acceptors (Lipinski definition) is 4. The number of ether oxygens (including phenoxy) is 1. The van der Waals surface area contributed by atoms with Gasteiger partial charge in [-0.05, 0) is 49.6 Å². The number of amidine groups is 1. The third-order valence-electron chi connectivity index (χ3n) is 4.27. The first-order chi connectivity index (χ1) is 11.8. The van der Waals surface area contributed by atoms with E-state index in [0.717, 1.165) is 11.1 Å². The van der Waals surface area contributed by atoms with E-state index in [0.29, 0.717) is 28.4 Å². The molecule has 5 nitrogen and oxygen atoms in total. The smallest absolute Gasteiger partial charge is 0.285 e. The van der Waals surface area contributed by atoms with Gasteiger partial charge in [0.25, 0.3) is 10.0 Å². The Labute approximate surface area is 148 Å². The molecule has 0 saturated carbocycles. The number of rotatable bonds is 3. The highest BCUT2D eigenvalue weighted by Crippen LogP contribution is 2.34. The number of nitrogens with zero attached hydrogens (tertiary/aromatic N) is 1. The predicted molar refractivity (Wildman–Crippen MR) is 101 cm³/mol. The molecule has 0 bridgehead atoms. The van der Waals surface area contributed by atoms with E-state index in [1.54, 1.807) is 20.1 Å². The molecule has 0 amide bonds. The summed E-state index contributed by atoms with van der Waals surface area (Å²) in [4.78, 5) is 0.251. The van der Waals surface area contributed by atoms with E-state index >= 15 is 0 Å². The van der Waals surface area contributed by atoms with Crippen LogP contribution in [0, 0.1) is 13.8 Å². The Morgan fingerprint density at radius 3 is 2.44 bits per heavy atom. The van der Waals surface area contributed by atoms with Gasteiger partial charge in [-0.1, -0.05) is 24.3 Å². The third-order valence-corrected chi connectivity index (χ3v) is 5.75. The van der Waals surface area contributed by atoms with Crippen molar-refractivity contribution in [2.24, 2.45) is 4.40 Å². The number of hydrogen-bond donors (Lipinski definition) is 1. The number of anilines is 1. The third kappa shape index (κ3) is 3.30. The minimum Gasteiger partial charge on any atom is -0.497 e. The largest absolute Gasteiger partial charge is 0.497 e. The molecule has 3 rings (SSSR count). The van der Waals surface area contributed by atoms with E-state index in [1.165, 1.54) is 0 Å². The summed E-state index contributed by atoms with van der Waals surface area (Å²) in [7, 11) is -2.15. The average molecular weight is 356 g/mol. The van der Waals surface area contributed by atoms with E-state index in [-0.39, 0.29) is 4.91 Å². The Kier molecular flexibility index (Phi) is 4.39. The zero-order chi connectivity index (χ0) is 18.2. The first-order valence-electron chi connectivity index (χ1n) is 7.87. The fourth-order valence-corrected chi connectivity index (χ4v) is 4.16. The minimum atomic E-state index is -3.73. The van der Waals surface area contributed by atoms with Gasteiger partial charge in [0.15, 0.2) is 0 Å². The maximum Gasteiger partial charge on any atom is 0.285 e. The van der Waals surface area contributed by atoms with Crippen LogP contribution in [0.15, 0.2) is 52.4 Å². The van der Waals surface area contributed by atoms with Crippen molar-refractivity contribution in [3.05, 3.63) is 64.7 Å². The van der Waals surface area contributed by atoms with Gasteiger partial charge in [-0.2, -0.15) is 8.42 Å². The predicted octanol–water partition coefficient (Wildman–Crippen LogP) is 3.90. The molecule has 0 saturated heterocycles. The first-order valence-corrected chi connectivity index (χ1v) is 9.31. The van der Waals surface area contributed by atoms with Crippen molar-refractivity contribution < 1.29 is 13.2 Å². The summed E-state index contributed by atoms with van der Waals surface area (Å²) in [6.07, 6.45) is 0. The molecule has 0 spiro atoms. The van der Waals surface area contributed by atoms with E-state index in [9.17, 15) is 8.42 Å². The molecule has 2 aromatic carbocycles. The van der Waals surface area contributed by atoms with Gasteiger partial charge in [-0.25, -0.2) is 0 Å². The van der Waals surface area contributed by atoms with Crippen LogP contribution in [0.1, 0.15) is 23.6 Å². The van der Waals surface area contributed by atoms with Gasteiger partial charge in [0.1, 0.15) is 16.5 Å². The highest BCUT2D eigenvalue weighted by atomic mass is 32.2. The monoisotopic (exact) mass is 356 g/mol. The molecule has 1 heterocycles. The van der Waals surface area contributed by atoms with Crippen molar-refractivity contribution in [1.82, 2.24) is 0 Å². The quantitative estimate of drug-likeness (QED) is 0.906. The Bertz CT molecular complexity index is 1010. The Morgan fingerprint density at radius 1 is 1.00 bits per heavy atom. The topological polar surface area (TPSA) is 67.8 Å². The fourth-order valence-electron chi connectivity index (χ4n) is 2.74. The summed E-state index contributed by atoms with van der Waals surface area (Å²) in [5, 5.41) is 3.08. The minimum absolute atomic E-state index is 0.251. The summed E-state index contributed by atoms with van der Waals surface area (Å²) in [6.45, 7) is 5.73. The van der Waals surface area contributed by atoms with Gasteiger partial charge >= 0.3 is 0 Å². The second-order valence-corrected chi connectivity index (χ2v) is 7.57. The van der Waals surface area contributed by atoms with E-state index in [2.05, 4.69) is 9.71 Å². The number of benzene rings is 2. The number of sulfonamides is 1. The Balaban J connectivity index is 2.01. The van der Waals surface area contributed by atoms with Crippen LogP contribution in [0.4, 0.5) is 5.69 Å². The lowest BCUT2D eigenvalue weighted by Gasteiger charge is -2.09. The lowest BCUT2D eigenvalue weighted by molar-refractivity contribution is 0.415. The van der Waals surface area contributed by atoms with Crippen LogP contribution in [0.25, 0.3) is 4.91 Å². The molecule has 6 heteroatoms. The van der Waals surface area contributed by atoms with E-state index in [1.807, 2.05) is 50.2 Å². The molecule has 0 fully saturated rings. The summed E-state index contributed by atoms with van der Waals surface area (Å²) in [5.41, 5.74) is 4.14. The summed E-state index contributed by atoms with van der Waals surface area (Å²) >= 11 is 0. The fraction of sp³-hybridized carbons (Fsp3) is 0.211. The molecule has 1 aliphatic rings. The maximum absolute atomic E-state index is 12.6. The molecule has 0 aliphatic carbocycles. The first kappa shape index (κ1) is 17.2. The van der Waals surface area contributed by atoms with Crippen molar-refractivity contribution in [2.45, 2.75) is 20.8 Å². The zero-order valence-corrected chi connectivity index (χ0v) is 15.4. The molecule has 1 aliphatic heterocycles. The second kappa shape index (κ2) is 6.37. The van der Waals surface area contributed by atoms with Crippen LogP contribution < -0.4 is 10.1 Å². The molecule has 25 heavy (non-hydrogen) atoms. The van der Waals surface area contributed by atoms with Crippen LogP contribution in [-0.2, 0) is 10.0 Å². The van der Waals surface area contributed by atoms with Gasteiger partial charge in [-0.15, -0.1) is 4.40 Å². The summed E-state index contributed by atoms with van der Waals surface area (Å²) in [5.74, 6) is 1.02. The SMILES string of the molecule is COc1cccc(NC2=NS(=O)(=O)C(c3ccc(C)c(C)c3)=C2C)c1. The normalized spacial score (nSPS) is 15.9. The van der Waals surface area contributed by atoms with Gasteiger partial charge in [0.05, 0.1) is 7.11 Å². The number of methoxy groups -OCH3 is 1. The van der Waals surface area contributed by atoms with E-state index in [4.69, 9.17) is 4.74 Å². The molecule has 0 aromatic heterocycles. The second-order valence-electron chi connectivity index (χ2n) is 6.03. The molecule has 2 aromatic rings. The number of nitrogens with one attached hydrogen (secondary N) is 1. The lowest BCUT2D eigenvalue weighted by Crippen LogP contribution is -2.11. The van der Waals surface area contributed by atoms with Crippen LogP contribution in [-0.4, -0.2) is 21.4 Å². The van der Waals surface area contributed by atoms with Crippen LogP contribution >= 0.6 is 0 Å². The molecule has 0 radical (unpaired) electrons. The maximum atomic E-state index is 12.6. The Hall–Kier alpha value is -2.60. The highest BCUT2D eigenvalue weighted by Gasteiger charge is 2.31. The van der Waals surface area contributed by atoms with Gasteiger partial charge in [-0.3, -0.25) is 0 Å².